The molecule has 0 saturated carbocycles. The highest BCUT2D eigenvalue weighted by Crippen LogP contribution is 2.15. The highest BCUT2D eigenvalue weighted by Gasteiger charge is 2.19. The largest absolute Gasteiger partial charge is 0.383 e. The summed E-state index contributed by atoms with van der Waals surface area (Å²) in [6.45, 7) is 7.66. The Morgan fingerprint density at radius 3 is 2.89 bits per heavy atom. The maximum atomic E-state index is 5.20. The summed E-state index contributed by atoms with van der Waals surface area (Å²) in [6, 6.07) is 0.556. The molecule has 0 radical (unpaired) electrons. The van der Waals surface area contributed by atoms with Gasteiger partial charge in [-0.25, -0.2) is 4.98 Å². The highest BCUT2D eigenvalue weighted by molar-refractivity contribution is 5.38. The predicted octanol–water partition coefficient (Wildman–Crippen LogP) is 1.30. The van der Waals surface area contributed by atoms with Crippen molar-refractivity contribution in [2.75, 3.05) is 38.3 Å². The zero-order valence-electron chi connectivity index (χ0n) is 12.1. The Labute approximate surface area is 115 Å². The summed E-state index contributed by atoms with van der Waals surface area (Å²) in [4.78, 5) is 11.3. The second-order valence-electron chi connectivity index (χ2n) is 5.13. The lowest BCUT2D eigenvalue weighted by Gasteiger charge is -2.26. The van der Waals surface area contributed by atoms with Crippen LogP contribution in [0.5, 0.6) is 0 Å². The second-order valence-corrected chi connectivity index (χ2v) is 5.13. The van der Waals surface area contributed by atoms with Crippen LogP contribution in [0.25, 0.3) is 0 Å². The molecule has 1 aromatic rings. The molecular formula is C14H24N4O. The van der Waals surface area contributed by atoms with Gasteiger partial charge in [0.15, 0.2) is 0 Å². The van der Waals surface area contributed by atoms with E-state index in [0.717, 1.165) is 36.8 Å². The molecule has 0 aromatic carbocycles. The molecule has 2 heterocycles. The third-order valence-electron chi connectivity index (χ3n) is 3.67. The van der Waals surface area contributed by atoms with Crippen LogP contribution in [-0.4, -0.2) is 49.4 Å². The third-order valence-corrected chi connectivity index (χ3v) is 3.67. The normalized spacial score (nSPS) is 18.8. The van der Waals surface area contributed by atoms with Gasteiger partial charge in [0.05, 0.1) is 24.2 Å². The molecule has 1 aliphatic rings. The first-order valence-electron chi connectivity index (χ1n) is 6.98. The number of rotatable bonds is 6. The van der Waals surface area contributed by atoms with Crippen molar-refractivity contribution >= 4 is 5.82 Å². The molecule has 5 heteroatoms. The number of hydrogen-bond acceptors (Lipinski definition) is 5. The topological polar surface area (TPSA) is 50.3 Å². The molecule has 106 valence electrons. The fourth-order valence-corrected chi connectivity index (χ4v) is 2.36. The summed E-state index contributed by atoms with van der Waals surface area (Å²) in [5.41, 5.74) is 1.99. The van der Waals surface area contributed by atoms with E-state index in [1.54, 1.807) is 7.11 Å². The summed E-state index contributed by atoms with van der Waals surface area (Å²) in [7, 11) is 1.73. The van der Waals surface area contributed by atoms with Crippen LogP contribution >= 0.6 is 0 Å². The summed E-state index contributed by atoms with van der Waals surface area (Å²) < 4.78 is 5.20. The predicted molar refractivity (Wildman–Crippen MR) is 76.6 cm³/mol. The van der Waals surface area contributed by atoms with E-state index in [9.17, 15) is 0 Å². The lowest BCUT2D eigenvalue weighted by molar-refractivity contribution is 0.204. The van der Waals surface area contributed by atoms with Gasteiger partial charge >= 0.3 is 0 Å². The van der Waals surface area contributed by atoms with Crippen LogP contribution < -0.4 is 10.2 Å². The Morgan fingerprint density at radius 1 is 1.42 bits per heavy atom. The first-order chi connectivity index (χ1) is 9.20. The van der Waals surface area contributed by atoms with Crippen LogP contribution in [0.3, 0.4) is 0 Å². The molecule has 1 atom stereocenters. The fourth-order valence-electron chi connectivity index (χ4n) is 2.36. The third kappa shape index (κ3) is 3.88. The Bertz CT molecular complexity index is 404. The number of ether oxygens (including phenoxy) is 1. The van der Waals surface area contributed by atoms with Crippen molar-refractivity contribution in [3.05, 3.63) is 17.6 Å². The molecule has 1 N–H and O–H groups in total. The smallest absolute Gasteiger partial charge is 0.147 e. The number of nitrogens with one attached hydrogen (secondary N) is 1. The van der Waals surface area contributed by atoms with E-state index in [4.69, 9.17) is 4.74 Å². The van der Waals surface area contributed by atoms with E-state index in [1.165, 1.54) is 12.8 Å². The van der Waals surface area contributed by atoms with Gasteiger partial charge in [-0.3, -0.25) is 4.98 Å². The van der Waals surface area contributed by atoms with E-state index in [0.29, 0.717) is 12.6 Å². The van der Waals surface area contributed by atoms with E-state index in [2.05, 4.69) is 20.2 Å². The Hall–Kier alpha value is -1.20. The average molecular weight is 264 g/mol. The average Bonchev–Trinajstić information content (AvgIpc) is 2.91. The molecule has 1 saturated heterocycles. The van der Waals surface area contributed by atoms with Crippen LogP contribution in [0.4, 0.5) is 5.82 Å². The number of nitrogens with zero attached hydrogens (tertiary/aromatic N) is 3. The molecule has 1 fully saturated rings. The van der Waals surface area contributed by atoms with Gasteiger partial charge in [-0.2, -0.15) is 0 Å². The fraction of sp³-hybridized carbons (Fsp3) is 0.714. The van der Waals surface area contributed by atoms with E-state index in [1.807, 2.05) is 20.0 Å². The maximum absolute atomic E-state index is 5.20. The van der Waals surface area contributed by atoms with Crippen LogP contribution in [-0.2, 0) is 4.74 Å². The summed E-state index contributed by atoms with van der Waals surface area (Å²) in [5.74, 6) is 0.953. The van der Waals surface area contributed by atoms with Crippen molar-refractivity contribution in [3.8, 4) is 0 Å². The molecule has 0 spiro atoms. The number of anilines is 1. The van der Waals surface area contributed by atoms with Gasteiger partial charge in [-0.15, -0.1) is 0 Å². The molecule has 5 nitrogen and oxygen atoms in total. The number of hydrogen-bond donors (Lipinski definition) is 1. The molecule has 1 aromatic heterocycles. The van der Waals surface area contributed by atoms with Gasteiger partial charge in [0, 0.05) is 26.2 Å². The maximum Gasteiger partial charge on any atom is 0.147 e. The van der Waals surface area contributed by atoms with Gasteiger partial charge in [-0.1, -0.05) is 0 Å². The Kier molecular flexibility index (Phi) is 5.10. The highest BCUT2D eigenvalue weighted by atomic mass is 16.5. The van der Waals surface area contributed by atoms with E-state index >= 15 is 0 Å². The summed E-state index contributed by atoms with van der Waals surface area (Å²) in [6.07, 6.45) is 4.37. The van der Waals surface area contributed by atoms with Gasteiger partial charge in [0.25, 0.3) is 0 Å². The van der Waals surface area contributed by atoms with Crippen LogP contribution in [0.15, 0.2) is 6.20 Å². The minimum Gasteiger partial charge on any atom is -0.383 e. The number of aryl methyl sites for hydroxylation is 2. The number of aromatic nitrogens is 2. The van der Waals surface area contributed by atoms with Gasteiger partial charge in [0.2, 0.25) is 0 Å². The van der Waals surface area contributed by atoms with E-state index in [-0.39, 0.29) is 0 Å². The Morgan fingerprint density at radius 2 is 2.26 bits per heavy atom. The minimum absolute atomic E-state index is 0.556. The van der Waals surface area contributed by atoms with Crippen molar-refractivity contribution < 1.29 is 4.74 Å². The lowest BCUT2D eigenvalue weighted by atomic mass is 10.2. The Balaban J connectivity index is 2.08. The minimum atomic E-state index is 0.556. The van der Waals surface area contributed by atoms with Crippen LogP contribution in [0.1, 0.15) is 24.2 Å². The zero-order chi connectivity index (χ0) is 13.7. The molecule has 1 aliphatic heterocycles. The van der Waals surface area contributed by atoms with Gasteiger partial charge in [0.1, 0.15) is 5.82 Å². The monoisotopic (exact) mass is 264 g/mol. The van der Waals surface area contributed by atoms with E-state index < -0.39 is 0 Å². The van der Waals surface area contributed by atoms with Gasteiger partial charge in [-0.05, 0) is 33.2 Å². The molecule has 0 bridgehead atoms. The first kappa shape index (κ1) is 14.2. The molecular weight excluding hydrogens is 240 g/mol. The number of methoxy groups -OCH3 is 1. The molecule has 0 aliphatic carbocycles. The molecule has 2 rings (SSSR count). The van der Waals surface area contributed by atoms with Gasteiger partial charge < -0.3 is 15.0 Å². The lowest BCUT2D eigenvalue weighted by Crippen LogP contribution is -2.39. The second kappa shape index (κ2) is 6.82. The molecule has 19 heavy (non-hydrogen) atoms. The molecule has 0 amide bonds. The van der Waals surface area contributed by atoms with Crippen molar-refractivity contribution in [2.45, 2.75) is 32.7 Å². The zero-order valence-corrected chi connectivity index (χ0v) is 12.1. The standard InChI is InChI=1S/C14H24N4O/c1-11-12(2)17-14(9-16-11)18(7-8-19-3)10-13-5-4-6-15-13/h9,13,15H,4-8,10H2,1-3H3. The first-order valence-corrected chi connectivity index (χ1v) is 6.98. The molecule has 1 unspecified atom stereocenters. The van der Waals surface area contributed by atoms with Crippen molar-refractivity contribution in [1.82, 2.24) is 15.3 Å². The quantitative estimate of drug-likeness (QED) is 0.839. The van der Waals surface area contributed by atoms with Crippen molar-refractivity contribution in [3.63, 3.8) is 0 Å². The summed E-state index contributed by atoms with van der Waals surface area (Å²) >= 11 is 0. The van der Waals surface area contributed by atoms with Crippen LogP contribution in [0, 0.1) is 13.8 Å². The van der Waals surface area contributed by atoms with Crippen molar-refractivity contribution in [2.24, 2.45) is 0 Å². The summed E-state index contributed by atoms with van der Waals surface area (Å²) in [5, 5.41) is 3.53. The van der Waals surface area contributed by atoms with Crippen LogP contribution in [0.2, 0.25) is 0 Å². The van der Waals surface area contributed by atoms with Crippen molar-refractivity contribution in [1.29, 1.82) is 0 Å². The SMILES string of the molecule is COCCN(CC1CCCN1)c1cnc(C)c(C)n1.